The third-order valence-electron chi connectivity index (χ3n) is 5.63. The summed E-state index contributed by atoms with van der Waals surface area (Å²) in [5.41, 5.74) is 0. The van der Waals surface area contributed by atoms with Gasteiger partial charge in [0.2, 0.25) is 0 Å². The predicted molar refractivity (Wildman–Crippen MR) is 109 cm³/mol. The molecule has 5 heteroatoms. The van der Waals surface area contributed by atoms with E-state index in [-0.39, 0.29) is 11.9 Å². The quantitative estimate of drug-likeness (QED) is 0.296. The Morgan fingerprint density at radius 2 is 1.76 bits per heavy atom. The molecule has 148 valence electrons. The number of rotatable bonds is 13. The molecule has 0 aromatic rings. The summed E-state index contributed by atoms with van der Waals surface area (Å²) >= 11 is 0. The maximum absolute atomic E-state index is 11.7. The normalized spacial score (nSPS) is 20.0. The molecule has 0 saturated carbocycles. The van der Waals surface area contributed by atoms with Crippen LogP contribution in [-0.2, 0) is 9.53 Å². The smallest absolute Gasteiger partial charge is 0.309 e. The summed E-state index contributed by atoms with van der Waals surface area (Å²) in [6.07, 6.45) is 11.1. The van der Waals surface area contributed by atoms with E-state index in [1.807, 2.05) is 6.92 Å². The predicted octanol–water partition coefficient (Wildman–Crippen LogP) is 4.42. The number of unbranched alkanes of at least 4 members (excludes halogenated alkanes) is 7. The van der Waals surface area contributed by atoms with Crippen LogP contribution >= 0.6 is 0 Å². The SMILES string of the molecule is CCCCCCCCCC[Si](C)(C)C1NCCN1CC(C)C(=O)OC. The summed E-state index contributed by atoms with van der Waals surface area (Å²) in [5.74, 6) is 0.373. The lowest BCUT2D eigenvalue weighted by molar-refractivity contribution is -0.145. The Kier molecular flexibility index (Phi) is 10.9. The summed E-state index contributed by atoms with van der Waals surface area (Å²) in [5, 5.41) is 3.72. The topological polar surface area (TPSA) is 41.6 Å². The number of hydrogen-bond donors (Lipinski definition) is 1. The van der Waals surface area contributed by atoms with E-state index in [0.29, 0.717) is 5.79 Å². The minimum absolute atomic E-state index is 0.0414. The molecule has 0 aromatic heterocycles. The van der Waals surface area contributed by atoms with E-state index < -0.39 is 8.07 Å². The zero-order valence-electron chi connectivity index (χ0n) is 17.4. The van der Waals surface area contributed by atoms with Gasteiger partial charge in [-0.25, -0.2) is 0 Å². The molecule has 0 amide bonds. The number of esters is 1. The van der Waals surface area contributed by atoms with E-state index in [1.165, 1.54) is 64.5 Å². The zero-order valence-corrected chi connectivity index (χ0v) is 18.4. The fraction of sp³-hybridized carbons (Fsp3) is 0.950. The fourth-order valence-corrected chi connectivity index (χ4v) is 7.40. The molecule has 4 nitrogen and oxygen atoms in total. The van der Waals surface area contributed by atoms with Crippen molar-refractivity contribution in [1.29, 1.82) is 0 Å². The van der Waals surface area contributed by atoms with Crippen molar-refractivity contribution in [3.8, 4) is 0 Å². The number of ether oxygens (including phenoxy) is 1. The molecular formula is C20H42N2O2Si. The van der Waals surface area contributed by atoms with E-state index >= 15 is 0 Å². The highest BCUT2D eigenvalue weighted by molar-refractivity contribution is 6.78. The maximum Gasteiger partial charge on any atom is 0.309 e. The van der Waals surface area contributed by atoms with E-state index in [4.69, 9.17) is 4.74 Å². The van der Waals surface area contributed by atoms with Crippen LogP contribution < -0.4 is 5.32 Å². The molecule has 0 aliphatic carbocycles. The van der Waals surface area contributed by atoms with Crippen molar-refractivity contribution in [2.45, 2.75) is 90.1 Å². The molecule has 1 saturated heterocycles. The molecule has 25 heavy (non-hydrogen) atoms. The molecule has 1 rings (SSSR count). The average Bonchev–Trinajstić information content (AvgIpc) is 3.05. The standard InChI is InChI=1S/C20H42N2O2Si/c1-6-7-8-9-10-11-12-13-16-25(4,5)20-21-14-15-22(20)17-18(2)19(23)24-3/h18,20-21H,6-17H2,1-5H3. The Morgan fingerprint density at radius 3 is 2.36 bits per heavy atom. The van der Waals surface area contributed by atoms with Gasteiger partial charge in [0.05, 0.1) is 21.1 Å². The first kappa shape index (κ1) is 22.6. The third-order valence-corrected chi connectivity index (χ3v) is 9.32. The van der Waals surface area contributed by atoms with Gasteiger partial charge in [0.15, 0.2) is 0 Å². The highest BCUT2D eigenvalue weighted by Gasteiger charge is 2.39. The fourth-order valence-electron chi connectivity index (χ4n) is 4.05. The van der Waals surface area contributed by atoms with E-state index in [1.54, 1.807) is 0 Å². The van der Waals surface area contributed by atoms with Crippen LogP contribution in [0.4, 0.5) is 0 Å². The number of methoxy groups -OCH3 is 1. The van der Waals surface area contributed by atoms with Crippen molar-refractivity contribution in [2.24, 2.45) is 5.92 Å². The van der Waals surface area contributed by atoms with Crippen LogP contribution in [0.2, 0.25) is 19.1 Å². The molecule has 1 aliphatic rings. The molecular weight excluding hydrogens is 328 g/mol. The first-order chi connectivity index (χ1) is 11.9. The van der Waals surface area contributed by atoms with Gasteiger partial charge in [-0.1, -0.05) is 84.4 Å². The first-order valence-corrected chi connectivity index (χ1v) is 13.8. The van der Waals surface area contributed by atoms with Gasteiger partial charge in [-0.05, 0) is 0 Å². The molecule has 1 heterocycles. The molecule has 1 fully saturated rings. The van der Waals surface area contributed by atoms with E-state index in [0.717, 1.165) is 19.6 Å². The zero-order chi connectivity index (χ0) is 18.7. The molecule has 0 bridgehead atoms. The Labute approximate surface area is 157 Å². The molecule has 0 aromatic carbocycles. The van der Waals surface area contributed by atoms with Crippen molar-refractivity contribution in [2.75, 3.05) is 26.7 Å². The minimum Gasteiger partial charge on any atom is -0.469 e. The third kappa shape index (κ3) is 8.22. The number of carbonyl (C=O) groups is 1. The highest BCUT2D eigenvalue weighted by atomic mass is 28.3. The van der Waals surface area contributed by atoms with Crippen LogP contribution in [-0.4, -0.2) is 51.5 Å². The number of nitrogens with zero attached hydrogens (tertiary/aromatic N) is 1. The molecule has 2 unspecified atom stereocenters. The van der Waals surface area contributed by atoms with Crippen molar-refractivity contribution in [1.82, 2.24) is 10.2 Å². The van der Waals surface area contributed by atoms with E-state index in [2.05, 4.69) is 30.2 Å². The first-order valence-electron chi connectivity index (χ1n) is 10.5. The number of hydrogen-bond acceptors (Lipinski definition) is 4. The van der Waals surface area contributed by atoms with Crippen molar-refractivity contribution in [3.05, 3.63) is 0 Å². The molecule has 0 spiro atoms. The maximum atomic E-state index is 11.7. The van der Waals surface area contributed by atoms with Crippen molar-refractivity contribution >= 4 is 14.0 Å². The van der Waals surface area contributed by atoms with Gasteiger partial charge in [-0.2, -0.15) is 0 Å². The van der Waals surface area contributed by atoms with Gasteiger partial charge >= 0.3 is 5.97 Å². The Hall–Kier alpha value is -0.393. The largest absolute Gasteiger partial charge is 0.469 e. The van der Waals surface area contributed by atoms with Crippen LogP contribution in [0, 0.1) is 5.92 Å². The summed E-state index contributed by atoms with van der Waals surface area (Å²) in [4.78, 5) is 14.2. The lowest BCUT2D eigenvalue weighted by atomic mass is 10.1. The summed E-state index contributed by atoms with van der Waals surface area (Å²) < 4.78 is 4.90. The summed E-state index contributed by atoms with van der Waals surface area (Å²) in [6, 6.07) is 1.38. The van der Waals surface area contributed by atoms with Gasteiger partial charge in [0, 0.05) is 25.4 Å². The van der Waals surface area contributed by atoms with Crippen LogP contribution in [0.5, 0.6) is 0 Å². The van der Waals surface area contributed by atoms with Crippen molar-refractivity contribution < 1.29 is 9.53 Å². The minimum atomic E-state index is -1.36. The number of carbonyl (C=O) groups excluding carboxylic acids is 1. The van der Waals surface area contributed by atoms with Crippen LogP contribution in [0.1, 0.15) is 65.2 Å². The second-order valence-electron chi connectivity index (χ2n) is 8.49. The number of nitrogens with one attached hydrogen (secondary N) is 1. The monoisotopic (exact) mass is 370 g/mol. The van der Waals surface area contributed by atoms with Gasteiger partial charge in [0.1, 0.15) is 0 Å². The van der Waals surface area contributed by atoms with Gasteiger partial charge in [-0.3, -0.25) is 9.69 Å². The highest BCUT2D eigenvalue weighted by Crippen LogP contribution is 2.24. The van der Waals surface area contributed by atoms with Gasteiger partial charge in [-0.15, -0.1) is 0 Å². The summed E-state index contributed by atoms with van der Waals surface area (Å²) in [7, 11) is 0.122. The van der Waals surface area contributed by atoms with Crippen LogP contribution in [0.3, 0.4) is 0 Å². The molecule has 1 aliphatic heterocycles. The van der Waals surface area contributed by atoms with Gasteiger partial charge < -0.3 is 10.1 Å². The Balaban J connectivity index is 2.31. The van der Waals surface area contributed by atoms with E-state index in [9.17, 15) is 4.79 Å². The van der Waals surface area contributed by atoms with Crippen LogP contribution in [0.25, 0.3) is 0 Å². The molecule has 2 atom stereocenters. The lowest BCUT2D eigenvalue weighted by Gasteiger charge is -2.37. The summed E-state index contributed by atoms with van der Waals surface area (Å²) in [6.45, 7) is 12.2. The van der Waals surface area contributed by atoms with Gasteiger partial charge in [0.25, 0.3) is 0 Å². The second-order valence-corrected chi connectivity index (χ2v) is 13.5. The molecule has 1 N–H and O–H groups in total. The average molecular weight is 371 g/mol. The Bertz CT molecular complexity index is 377. The molecule has 0 radical (unpaired) electrons. The Morgan fingerprint density at radius 1 is 1.16 bits per heavy atom. The second kappa shape index (κ2) is 12.1. The van der Waals surface area contributed by atoms with Crippen LogP contribution in [0.15, 0.2) is 0 Å². The van der Waals surface area contributed by atoms with Crippen molar-refractivity contribution in [3.63, 3.8) is 0 Å². The lowest BCUT2D eigenvalue weighted by Crippen LogP contribution is -2.56.